The van der Waals surface area contributed by atoms with Crippen LogP contribution in [0.3, 0.4) is 0 Å². The van der Waals surface area contributed by atoms with Gasteiger partial charge in [-0.2, -0.15) is 0 Å². The Morgan fingerprint density at radius 2 is 1.87 bits per heavy atom. The molecule has 3 rings (SSSR count). The first-order valence-corrected chi connectivity index (χ1v) is 11.5. The first-order valence-electron chi connectivity index (χ1n) is 11.5. The van der Waals surface area contributed by atoms with Gasteiger partial charge in [-0.1, -0.05) is 60.2 Å². The second-order valence-electron chi connectivity index (χ2n) is 8.23. The monoisotopic (exact) mass is 423 g/mol. The normalized spacial score (nSPS) is 19.2. The molecule has 0 amide bonds. The van der Waals surface area contributed by atoms with Gasteiger partial charge in [-0.3, -0.25) is 4.99 Å². The molecule has 2 atom stereocenters. The van der Waals surface area contributed by atoms with Crippen molar-refractivity contribution in [2.24, 2.45) is 10.9 Å². The van der Waals surface area contributed by atoms with Crippen molar-refractivity contribution >= 4 is 5.96 Å². The van der Waals surface area contributed by atoms with E-state index in [9.17, 15) is 0 Å². The molecule has 2 aromatic carbocycles. The first-order chi connectivity index (χ1) is 15.3. The van der Waals surface area contributed by atoms with Gasteiger partial charge in [-0.15, -0.1) is 0 Å². The van der Waals surface area contributed by atoms with E-state index in [1.165, 1.54) is 23.1 Å². The van der Waals surface area contributed by atoms with Crippen molar-refractivity contribution in [2.45, 2.75) is 45.3 Å². The molecule has 1 aliphatic rings. The highest BCUT2D eigenvalue weighted by atomic mass is 16.5. The number of benzene rings is 2. The van der Waals surface area contributed by atoms with Crippen LogP contribution in [-0.2, 0) is 16.1 Å². The fraction of sp³-hybridized carbons (Fsp3) is 0.500. The Balaban J connectivity index is 1.33. The molecule has 5 heteroatoms. The highest BCUT2D eigenvalue weighted by molar-refractivity contribution is 5.79. The lowest BCUT2D eigenvalue weighted by atomic mass is 9.89. The Bertz CT molecular complexity index is 777. The molecule has 0 saturated carbocycles. The third-order valence-electron chi connectivity index (χ3n) is 5.73. The van der Waals surface area contributed by atoms with Gasteiger partial charge in [-0.25, -0.2) is 0 Å². The van der Waals surface area contributed by atoms with Crippen LogP contribution in [0.25, 0.3) is 0 Å². The van der Waals surface area contributed by atoms with Gasteiger partial charge in [0.25, 0.3) is 0 Å². The van der Waals surface area contributed by atoms with Crippen molar-refractivity contribution in [1.82, 2.24) is 10.6 Å². The van der Waals surface area contributed by atoms with E-state index in [4.69, 9.17) is 9.47 Å². The van der Waals surface area contributed by atoms with Crippen molar-refractivity contribution in [2.75, 3.05) is 33.4 Å². The standard InChI is InChI=1S/C26H37N3O2/c1-21-12-14-23(15-13-21)25-24(11-8-18-31-25)19-29-26(27-2)28-16-6-7-17-30-20-22-9-4-3-5-10-22/h3-5,9-10,12-15,24-25H,6-8,11,16-20H2,1-2H3,(H2,27,28,29). The predicted octanol–water partition coefficient (Wildman–Crippen LogP) is 4.62. The SMILES string of the molecule is CN=C(NCCCCOCc1ccccc1)NCC1CCCOC1c1ccc(C)cc1. The highest BCUT2D eigenvalue weighted by Gasteiger charge is 2.27. The van der Waals surface area contributed by atoms with Gasteiger partial charge < -0.3 is 20.1 Å². The molecule has 1 aliphatic heterocycles. The Morgan fingerprint density at radius 3 is 2.65 bits per heavy atom. The third-order valence-corrected chi connectivity index (χ3v) is 5.73. The molecule has 2 N–H and O–H groups in total. The number of unbranched alkanes of at least 4 members (excludes halogenated alkanes) is 1. The quantitative estimate of drug-likeness (QED) is 0.332. The number of aliphatic imine (C=N–C) groups is 1. The summed E-state index contributed by atoms with van der Waals surface area (Å²) in [6, 6.07) is 19.0. The number of aryl methyl sites for hydroxylation is 1. The van der Waals surface area contributed by atoms with E-state index in [0.717, 1.165) is 51.5 Å². The number of rotatable bonds is 10. The van der Waals surface area contributed by atoms with Crippen LogP contribution in [0, 0.1) is 12.8 Å². The minimum atomic E-state index is 0.154. The zero-order chi connectivity index (χ0) is 21.7. The number of hydrogen-bond donors (Lipinski definition) is 2. The minimum Gasteiger partial charge on any atom is -0.377 e. The lowest BCUT2D eigenvalue weighted by Gasteiger charge is -2.32. The average Bonchev–Trinajstić information content (AvgIpc) is 2.82. The van der Waals surface area contributed by atoms with Crippen LogP contribution in [0.2, 0.25) is 0 Å². The molecule has 0 spiro atoms. The summed E-state index contributed by atoms with van der Waals surface area (Å²) in [6.07, 6.45) is 4.52. The van der Waals surface area contributed by atoms with Crippen LogP contribution in [0.15, 0.2) is 59.6 Å². The fourth-order valence-electron chi connectivity index (χ4n) is 3.93. The fourth-order valence-corrected chi connectivity index (χ4v) is 3.93. The van der Waals surface area contributed by atoms with Gasteiger partial charge in [0, 0.05) is 39.3 Å². The maximum Gasteiger partial charge on any atom is 0.190 e. The molecule has 0 bridgehead atoms. The minimum absolute atomic E-state index is 0.154. The smallest absolute Gasteiger partial charge is 0.190 e. The molecule has 0 radical (unpaired) electrons. The van der Waals surface area contributed by atoms with Crippen LogP contribution in [0.4, 0.5) is 0 Å². The summed E-state index contributed by atoms with van der Waals surface area (Å²) < 4.78 is 11.9. The summed E-state index contributed by atoms with van der Waals surface area (Å²) in [5, 5.41) is 6.92. The van der Waals surface area contributed by atoms with Gasteiger partial charge in [-0.05, 0) is 43.7 Å². The summed E-state index contributed by atoms with van der Waals surface area (Å²) in [7, 11) is 1.83. The largest absolute Gasteiger partial charge is 0.377 e. The van der Waals surface area contributed by atoms with E-state index in [0.29, 0.717) is 12.5 Å². The van der Waals surface area contributed by atoms with Crippen molar-refractivity contribution < 1.29 is 9.47 Å². The molecule has 1 heterocycles. The van der Waals surface area contributed by atoms with Crippen molar-refractivity contribution in [3.8, 4) is 0 Å². The van der Waals surface area contributed by atoms with E-state index in [1.807, 2.05) is 25.2 Å². The topological polar surface area (TPSA) is 54.9 Å². The predicted molar refractivity (Wildman–Crippen MR) is 127 cm³/mol. The van der Waals surface area contributed by atoms with E-state index < -0.39 is 0 Å². The average molecular weight is 424 g/mol. The number of hydrogen-bond acceptors (Lipinski definition) is 3. The molecule has 5 nitrogen and oxygen atoms in total. The molecule has 2 unspecified atom stereocenters. The van der Waals surface area contributed by atoms with Crippen LogP contribution < -0.4 is 10.6 Å². The van der Waals surface area contributed by atoms with Crippen molar-refractivity contribution in [1.29, 1.82) is 0 Å². The molecular weight excluding hydrogens is 386 g/mol. The summed E-state index contributed by atoms with van der Waals surface area (Å²) >= 11 is 0. The summed E-state index contributed by atoms with van der Waals surface area (Å²) in [5.74, 6) is 1.31. The van der Waals surface area contributed by atoms with Gasteiger partial charge in [0.15, 0.2) is 5.96 Å². The lowest BCUT2D eigenvalue weighted by molar-refractivity contribution is -0.0265. The Hall–Kier alpha value is -2.37. The molecule has 0 aromatic heterocycles. The number of nitrogens with zero attached hydrogens (tertiary/aromatic N) is 1. The maximum absolute atomic E-state index is 6.14. The first kappa shape index (κ1) is 23.3. The molecule has 1 saturated heterocycles. The number of nitrogens with one attached hydrogen (secondary N) is 2. The van der Waals surface area contributed by atoms with Gasteiger partial charge in [0.1, 0.15) is 0 Å². The molecule has 31 heavy (non-hydrogen) atoms. The van der Waals surface area contributed by atoms with E-state index >= 15 is 0 Å². The van der Waals surface area contributed by atoms with E-state index in [-0.39, 0.29) is 6.10 Å². The Labute approximate surface area is 187 Å². The number of ether oxygens (including phenoxy) is 2. The summed E-state index contributed by atoms with van der Waals surface area (Å²) in [6.45, 7) is 6.17. The van der Waals surface area contributed by atoms with Crippen molar-refractivity contribution in [3.63, 3.8) is 0 Å². The number of guanidine groups is 1. The lowest BCUT2D eigenvalue weighted by Crippen LogP contribution is -2.42. The van der Waals surface area contributed by atoms with Crippen LogP contribution in [0.5, 0.6) is 0 Å². The third kappa shape index (κ3) is 8.00. The summed E-state index contributed by atoms with van der Waals surface area (Å²) in [5.41, 5.74) is 3.78. The molecule has 168 valence electrons. The van der Waals surface area contributed by atoms with Gasteiger partial charge in [0.05, 0.1) is 12.7 Å². The Kier molecular flexibility index (Phi) is 9.87. The Morgan fingerprint density at radius 1 is 1.06 bits per heavy atom. The van der Waals surface area contributed by atoms with Crippen LogP contribution >= 0.6 is 0 Å². The second-order valence-corrected chi connectivity index (χ2v) is 8.23. The maximum atomic E-state index is 6.14. The zero-order valence-corrected chi connectivity index (χ0v) is 19.0. The van der Waals surface area contributed by atoms with Crippen LogP contribution in [-0.4, -0.2) is 39.3 Å². The van der Waals surface area contributed by atoms with Crippen LogP contribution in [0.1, 0.15) is 48.5 Å². The van der Waals surface area contributed by atoms with Gasteiger partial charge in [0.2, 0.25) is 0 Å². The molecule has 0 aliphatic carbocycles. The molecular formula is C26H37N3O2. The molecule has 2 aromatic rings. The zero-order valence-electron chi connectivity index (χ0n) is 19.0. The van der Waals surface area contributed by atoms with Crippen molar-refractivity contribution in [3.05, 3.63) is 71.3 Å². The van der Waals surface area contributed by atoms with Gasteiger partial charge >= 0.3 is 0 Å². The highest BCUT2D eigenvalue weighted by Crippen LogP contribution is 2.33. The second kappa shape index (κ2) is 13.1. The molecule has 1 fully saturated rings. The van der Waals surface area contributed by atoms with E-state index in [1.54, 1.807) is 0 Å². The summed E-state index contributed by atoms with van der Waals surface area (Å²) in [4.78, 5) is 4.38. The van der Waals surface area contributed by atoms with E-state index in [2.05, 4.69) is 58.9 Å².